The van der Waals surface area contributed by atoms with E-state index in [1.54, 1.807) is 18.2 Å². The number of anilines is 1. The molecule has 1 aromatic heterocycles. The predicted octanol–water partition coefficient (Wildman–Crippen LogP) is 2.36. The summed E-state index contributed by atoms with van der Waals surface area (Å²) in [5, 5.41) is 9.07. The number of aromatic amines is 1. The largest absolute Gasteiger partial charge is 0.477 e. The van der Waals surface area contributed by atoms with Gasteiger partial charge in [-0.05, 0) is 42.8 Å². The number of aryl methyl sites for hydroxylation is 1. The van der Waals surface area contributed by atoms with Gasteiger partial charge >= 0.3 is 5.97 Å². The molecule has 0 radical (unpaired) electrons. The van der Waals surface area contributed by atoms with Gasteiger partial charge in [0.15, 0.2) is 0 Å². The van der Waals surface area contributed by atoms with E-state index in [0.717, 1.165) is 16.1 Å². The highest BCUT2D eigenvalue weighted by Crippen LogP contribution is 2.24. The lowest BCUT2D eigenvalue weighted by Gasteiger charge is -2.20. The average molecular weight is 372 g/mol. The maximum Gasteiger partial charge on any atom is 0.341 e. The van der Waals surface area contributed by atoms with Gasteiger partial charge in [-0.3, -0.25) is 9.10 Å². The minimum Gasteiger partial charge on any atom is -0.477 e. The van der Waals surface area contributed by atoms with E-state index >= 15 is 0 Å². The van der Waals surface area contributed by atoms with Gasteiger partial charge in [0.1, 0.15) is 5.56 Å². The Kier molecular flexibility index (Phi) is 4.29. The van der Waals surface area contributed by atoms with Crippen molar-refractivity contribution in [2.45, 2.75) is 11.8 Å². The third-order valence-electron chi connectivity index (χ3n) is 4.11. The maximum absolute atomic E-state index is 12.9. The standard InChI is InChI=1S/C18H16N2O5S/c1-11-4-3-5-12(8-11)20(2)26(24,25)13-6-7-16-14(9-13)17(21)15(10-19-16)18(22)23/h3-10H,1-2H3,(H,19,21)(H,22,23). The number of hydrogen-bond donors (Lipinski definition) is 2. The van der Waals surface area contributed by atoms with Crippen LogP contribution in [0, 0.1) is 6.92 Å². The minimum absolute atomic E-state index is 0.00335. The average Bonchev–Trinajstić information content (AvgIpc) is 2.60. The summed E-state index contributed by atoms with van der Waals surface area (Å²) < 4.78 is 27.0. The fourth-order valence-electron chi connectivity index (χ4n) is 2.64. The predicted molar refractivity (Wildman–Crippen MR) is 98.3 cm³/mol. The van der Waals surface area contributed by atoms with Crippen molar-refractivity contribution in [3.63, 3.8) is 0 Å². The normalized spacial score (nSPS) is 11.5. The molecule has 0 saturated carbocycles. The highest BCUT2D eigenvalue weighted by atomic mass is 32.2. The number of hydrogen-bond acceptors (Lipinski definition) is 4. The van der Waals surface area contributed by atoms with Crippen LogP contribution in [0.4, 0.5) is 5.69 Å². The van der Waals surface area contributed by atoms with Gasteiger partial charge in [0.05, 0.1) is 10.6 Å². The first-order chi connectivity index (χ1) is 12.2. The molecule has 2 N–H and O–H groups in total. The van der Waals surface area contributed by atoms with E-state index in [2.05, 4.69) is 4.98 Å². The van der Waals surface area contributed by atoms with Crippen LogP contribution in [0.15, 0.2) is 58.4 Å². The Morgan fingerprint density at radius 3 is 2.54 bits per heavy atom. The molecule has 0 bridgehead atoms. The molecule has 0 aliphatic carbocycles. The molecule has 134 valence electrons. The van der Waals surface area contributed by atoms with Crippen molar-refractivity contribution < 1.29 is 18.3 Å². The van der Waals surface area contributed by atoms with Gasteiger partial charge in [-0.25, -0.2) is 13.2 Å². The summed E-state index contributed by atoms with van der Waals surface area (Å²) in [5.41, 5.74) is 0.571. The molecule has 8 heteroatoms. The monoisotopic (exact) mass is 372 g/mol. The van der Waals surface area contributed by atoms with Gasteiger partial charge in [0.25, 0.3) is 10.0 Å². The van der Waals surface area contributed by atoms with Crippen LogP contribution < -0.4 is 9.73 Å². The second kappa shape index (κ2) is 6.30. The number of carboxylic acid groups (broad SMARTS) is 1. The Labute approximate surface area is 149 Å². The minimum atomic E-state index is -3.92. The highest BCUT2D eigenvalue weighted by molar-refractivity contribution is 7.92. The van der Waals surface area contributed by atoms with Crippen LogP contribution in [0.2, 0.25) is 0 Å². The summed E-state index contributed by atoms with van der Waals surface area (Å²) in [6.45, 7) is 1.85. The van der Waals surface area contributed by atoms with E-state index in [-0.39, 0.29) is 10.3 Å². The number of carbonyl (C=O) groups is 1. The van der Waals surface area contributed by atoms with E-state index in [0.29, 0.717) is 11.2 Å². The van der Waals surface area contributed by atoms with Crippen LogP contribution in [0.5, 0.6) is 0 Å². The van der Waals surface area contributed by atoms with Crippen LogP contribution in [0.1, 0.15) is 15.9 Å². The fraction of sp³-hybridized carbons (Fsp3) is 0.111. The first kappa shape index (κ1) is 17.7. The molecule has 1 heterocycles. The summed E-state index contributed by atoms with van der Waals surface area (Å²) >= 11 is 0. The summed E-state index contributed by atoms with van der Waals surface area (Å²) in [5.74, 6) is -1.38. The Morgan fingerprint density at radius 1 is 1.15 bits per heavy atom. The zero-order valence-corrected chi connectivity index (χ0v) is 14.9. The molecule has 0 aliphatic heterocycles. The lowest BCUT2D eigenvalue weighted by Crippen LogP contribution is -2.26. The molecule has 0 spiro atoms. The summed E-state index contributed by atoms with van der Waals surface area (Å²) in [6.07, 6.45) is 1.10. The smallest absolute Gasteiger partial charge is 0.341 e. The summed E-state index contributed by atoms with van der Waals surface area (Å²) in [6, 6.07) is 11.0. The van der Waals surface area contributed by atoms with Crippen molar-refractivity contribution in [2.24, 2.45) is 0 Å². The number of carboxylic acids is 1. The van der Waals surface area contributed by atoms with Crippen molar-refractivity contribution in [3.8, 4) is 0 Å². The molecular formula is C18H16N2O5S. The van der Waals surface area contributed by atoms with Crippen molar-refractivity contribution in [3.05, 3.63) is 70.0 Å². The summed E-state index contributed by atoms with van der Waals surface area (Å²) in [7, 11) is -2.49. The molecule has 26 heavy (non-hydrogen) atoms. The number of fused-ring (bicyclic) bond motifs is 1. The Balaban J connectivity index is 2.16. The van der Waals surface area contributed by atoms with Gasteiger partial charge < -0.3 is 10.1 Å². The Morgan fingerprint density at radius 2 is 1.88 bits per heavy atom. The highest BCUT2D eigenvalue weighted by Gasteiger charge is 2.23. The number of rotatable bonds is 4. The molecule has 3 rings (SSSR count). The number of H-pyrrole nitrogens is 1. The Hall–Kier alpha value is -3.13. The first-order valence-electron chi connectivity index (χ1n) is 7.66. The lowest BCUT2D eigenvalue weighted by molar-refractivity contribution is 0.0695. The quantitative estimate of drug-likeness (QED) is 0.731. The number of sulfonamides is 1. The van der Waals surface area contributed by atoms with E-state index < -0.39 is 27.0 Å². The van der Waals surface area contributed by atoms with Crippen LogP contribution in [-0.4, -0.2) is 31.5 Å². The number of aromatic nitrogens is 1. The second-order valence-electron chi connectivity index (χ2n) is 5.86. The van der Waals surface area contributed by atoms with Gasteiger partial charge in [-0.15, -0.1) is 0 Å². The van der Waals surface area contributed by atoms with Crippen LogP contribution in [0.25, 0.3) is 10.9 Å². The lowest BCUT2D eigenvalue weighted by atomic mass is 10.1. The molecule has 0 atom stereocenters. The van der Waals surface area contributed by atoms with E-state index in [1.807, 2.05) is 13.0 Å². The molecule has 2 aromatic carbocycles. The zero-order valence-electron chi connectivity index (χ0n) is 14.1. The third kappa shape index (κ3) is 2.95. The van der Waals surface area contributed by atoms with Crippen LogP contribution >= 0.6 is 0 Å². The van der Waals surface area contributed by atoms with E-state index in [1.165, 1.54) is 25.2 Å². The van der Waals surface area contributed by atoms with Crippen molar-refractivity contribution >= 4 is 32.6 Å². The van der Waals surface area contributed by atoms with Gasteiger partial charge in [0.2, 0.25) is 5.43 Å². The molecule has 0 amide bonds. The molecule has 0 fully saturated rings. The van der Waals surface area contributed by atoms with Crippen LogP contribution in [0.3, 0.4) is 0 Å². The number of aromatic carboxylic acids is 1. The summed E-state index contributed by atoms with van der Waals surface area (Å²) in [4.78, 5) is 26.1. The number of pyridine rings is 1. The Bertz CT molecular complexity index is 1180. The molecule has 7 nitrogen and oxygen atoms in total. The van der Waals surface area contributed by atoms with Crippen molar-refractivity contribution in [1.29, 1.82) is 0 Å². The fourth-order valence-corrected chi connectivity index (χ4v) is 3.85. The van der Waals surface area contributed by atoms with Crippen molar-refractivity contribution in [1.82, 2.24) is 4.98 Å². The second-order valence-corrected chi connectivity index (χ2v) is 7.82. The number of benzene rings is 2. The molecule has 0 aliphatic rings. The molecule has 0 saturated heterocycles. The number of nitrogens with zero attached hydrogens (tertiary/aromatic N) is 1. The van der Waals surface area contributed by atoms with Gasteiger partial charge in [0, 0.05) is 24.1 Å². The third-order valence-corrected chi connectivity index (χ3v) is 5.89. The topological polar surface area (TPSA) is 108 Å². The zero-order chi connectivity index (χ0) is 19.1. The number of nitrogens with one attached hydrogen (secondary N) is 1. The first-order valence-corrected chi connectivity index (χ1v) is 9.10. The SMILES string of the molecule is Cc1cccc(N(C)S(=O)(=O)c2ccc3[nH]cc(C(=O)O)c(=O)c3c2)c1. The molecule has 3 aromatic rings. The van der Waals surface area contributed by atoms with Gasteiger partial charge in [-0.2, -0.15) is 0 Å². The maximum atomic E-state index is 12.9. The van der Waals surface area contributed by atoms with Crippen LogP contribution in [-0.2, 0) is 10.0 Å². The van der Waals surface area contributed by atoms with E-state index in [4.69, 9.17) is 5.11 Å². The molecule has 0 unspecified atom stereocenters. The van der Waals surface area contributed by atoms with Crippen molar-refractivity contribution in [2.75, 3.05) is 11.4 Å². The van der Waals surface area contributed by atoms with Gasteiger partial charge in [-0.1, -0.05) is 12.1 Å². The molecular weight excluding hydrogens is 356 g/mol. The van der Waals surface area contributed by atoms with E-state index in [9.17, 15) is 18.0 Å².